The second-order valence-electron chi connectivity index (χ2n) is 6.66. The molecule has 0 aromatic heterocycles. The minimum atomic E-state index is -1.01. The minimum absolute atomic E-state index is 0.174. The fourth-order valence-corrected chi connectivity index (χ4v) is 4.42. The highest BCUT2D eigenvalue weighted by molar-refractivity contribution is 7.99. The molecule has 5 nitrogen and oxygen atoms in total. The molecule has 164 valence electrons. The highest BCUT2D eigenvalue weighted by Crippen LogP contribution is 2.42. The van der Waals surface area contributed by atoms with E-state index in [2.05, 4.69) is 11.9 Å². The van der Waals surface area contributed by atoms with E-state index >= 15 is 0 Å². The van der Waals surface area contributed by atoms with Crippen LogP contribution in [-0.4, -0.2) is 24.1 Å². The third kappa shape index (κ3) is 5.46. The van der Waals surface area contributed by atoms with Gasteiger partial charge in [-0.05, 0) is 35.9 Å². The Labute approximate surface area is 200 Å². The van der Waals surface area contributed by atoms with Crippen molar-refractivity contribution in [1.29, 1.82) is 0 Å². The van der Waals surface area contributed by atoms with E-state index in [4.69, 9.17) is 33.0 Å². The average Bonchev–Trinajstić information content (AvgIpc) is 2.80. The molecule has 3 rings (SSSR count). The van der Waals surface area contributed by atoms with Crippen molar-refractivity contribution in [2.75, 3.05) is 7.11 Å². The van der Waals surface area contributed by atoms with Gasteiger partial charge in [-0.1, -0.05) is 71.9 Å². The van der Waals surface area contributed by atoms with E-state index in [-0.39, 0.29) is 22.7 Å². The molecule has 1 amide bonds. The van der Waals surface area contributed by atoms with Crippen LogP contribution in [0.25, 0.3) is 5.57 Å². The van der Waals surface area contributed by atoms with Gasteiger partial charge in [-0.15, -0.1) is 0 Å². The van der Waals surface area contributed by atoms with Crippen LogP contribution in [0.4, 0.5) is 0 Å². The highest BCUT2D eigenvalue weighted by Gasteiger charge is 2.18. The van der Waals surface area contributed by atoms with Crippen molar-refractivity contribution in [3.63, 3.8) is 0 Å². The second-order valence-corrected chi connectivity index (χ2v) is 8.50. The van der Waals surface area contributed by atoms with Crippen LogP contribution in [0.3, 0.4) is 0 Å². The smallest absolute Gasteiger partial charge is 0.335 e. The summed E-state index contributed by atoms with van der Waals surface area (Å²) in [6.07, 6.45) is 0. The summed E-state index contributed by atoms with van der Waals surface area (Å²) >= 11 is 14.4. The van der Waals surface area contributed by atoms with E-state index in [9.17, 15) is 9.59 Å². The molecule has 0 bridgehead atoms. The summed E-state index contributed by atoms with van der Waals surface area (Å²) in [6, 6.07) is 17.3. The minimum Gasteiger partial charge on any atom is -0.496 e. The van der Waals surface area contributed by atoms with Crippen LogP contribution in [0.5, 0.6) is 5.75 Å². The van der Waals surface area contributed by atoms with Gasteiger partial charge in [0.1, 0.15) is 5.75 Å². The van der Waals surface area contributed by atoms with Crippen molar-refractivity contribution in [2.45, 2.75) is 16.3 Å². The molecular formula is C24H19Cl2NO4S. The van der Waals surface area contributed by atoms with Crippen molar-refractivity contribution in [3.05, 3.63) is 94.0 Å². The van der Waals surface area contributed by atoms with Gasteiger partial charge in [-0.2, -0.15) is 0 Å². The number of para-hydroxylation sites is 1. The van der Waals surface area contributed by atoms with Crippen LogP contribution in [0, 0.1) is 0 Å². The van der Waals surface area contributed by atoms with Gasteiger partial charge in [0.2, 0.25) is 0 Å². The molecule has 0 unspecified atom stereocenters. The van der Waals surface area contributed by atoms with Crippen LogP contribution in [0.2, 0.25) is 10.0 Å². The first kappa shape index (κ1) is 23.7. The molecule has 0 radical (unpaired) electrons. The molecule has 0 aliphatic carbocycles. The number of rotatable bonds is 8. The lowest BCUT2D eigenvalue weighted by Crippen LogP contribution is -2.23. The number of nitrogens with one attached hydrogen (secondary N) is 1. The van der Waals surface area contributed by atoms with Gasteiger partial charge >= 0.3 is 5.97 Å². The molecule has 0 atom stereocenters. The molecule has 3 aromatic rings. The summed E-state index contributed by atoms with van der Waals surface area (Å²) in [6.45, 7) is 4.07. The fraction of sp³-hybridized carbons (Fsp3) is 0.0833. The Balaban J connectivity index is 1.71. The summed E-state index contributed by atoms with van der Waals surface area (Å²) in [5.74, 6) is -0.697. The first-order valence-corrected chi connectivity index (χ1v) is 11.0. The molecule has 0 heterocycles. The van der Waals surface area contributed by atoms with Gasteiger partial charge in [-0.3, -0.25) is 4.79 Å². The Hall–Kier alpha value is -2.93. The van der Waals surface area contributed by atoms with Crippen molar-refractivity contribution in [2.24, 2.45) is 0 Å². The van der Waals surface area contributed by atoms with Crippen LogP contribution in [0.1, 0.15) is 21.5 Å². The zero-order chi connectivity index (χ0) is 23.3. The van der Waals surface area contributed by atoms with Gasteiger partial charge in [-0.25, -0.2) is 4.79 Å². The number of hydrogen-bond donors (Lipinski definition) is 2. The summed E-state index contributed by atoms with van der Waals surface area (Å²) in [5.41, 5.74) is 1.54. The van der Waals surface area contributed by atoms with Gasteiger partial charge in [0.15, 0.2) is 0 Å². The fourth-order valence-electron chi connectivity index (χ4n) is 2.84. The van der Waals surface area contributed by atoms with Gasteiger partial charge in [0.25, 0.3) is 5.91 Å². The Bertz CT molecular complexity index is 1180. The number of carboxylic acid groups (broad SMARTS) is 1. The number of carboxylic acids is 1. The van der Waals surface area contributed by atoms with Crippen LogP contribution in [0.15, 0.2) is 77.0 Å². The Morgan fingerprint density at radius 1 is 1.00 bits per heavy atom. The molecule has 3 aromatic carbocycles. The number of carbonyl (C=O) groups excluding carboxylic acids is 1. The summed E-state index contributed by atoms with van der Waals surface area (Å²) in [4.78, 5) is 25.1. The number of aromatic carboxylic acids is 1. The maximum atomic E-state index is 12.6. The first-order chi connectivity index (χ1) is 15.3. The third-order valence-corrected chi connectivity index (χ3v) is 6.70. The molecule has 0 aliphatic heterocycles. The molecule has 2 N–H and O–H groups in total. The summed E-state index contributed by atoms with van der Waals surface area (Å²) < 4.78 is 5.37. The average molecular weight is 488 g/mol. The standard InChI is InChI=1S/C24H19Cl2NO4S/c1-14(23(28)27-13-15-7-9-16(10-8-15)24(29)30)17-11-12-20(22(26)21(17)25)32-19-6-4-3-5-18(19)31-2/h3-12H,1,13H2,2H3,(H,27,28)(H,29,30). The number of hydrogen-bond acceptors (Lipinski definition) is 4. The number of ether oxygens (including phenoxy) is 1. The zero-order valence-corrected chi connectivity index (χ0v) is 19.4. The molecular weight excluding hydrogens is 469 g/mol. The molecule has 0 saturated heterocycles. The first-order valence-electron chi connectivity index (χ1n) is 9.40. The van der Waals surface area contributed by atoms with E-state index in [1.807, 2.05) is 24.3 Å². The van der Waals surface area contributed by atoms with Crippen molar-refractivity contribution < 1.29 is 19.4 Å². The van der Waals surface area contributed by atoms with Gasteiger partial charge in [0, 0.05) is 22.6 Å². The lowest BCUT2D eigenvalue weighted by Gasteiger charge is -2.14. The largest absolute Gasteiger partial charge is 0.496 e. The topological polar surface area (TPSA) is 75.6 Å². The van der Waals surface area contributed by atoms with E-state index in [0.29, 0.717) is 16.3 Å². The monoisotopic (exact) mass is 487 g/mol. The molecule has 32 heavy (non-hydrogen) atoms. The lowest BCUT2D eigenvalue weighted by molar-refractivity contribution is -0.115. The third-order valence-electron chi connectivity index (χ3n) is 4.59. The van der Waals surface area contributed by atoms with Crippen LogP contribution >= 0.6 is 35.0 Å². The van der Waals surface area contributed by atoms with E-state index < -0.39 is 11.9 Å². The Kier molecular flexibility index (Phi) is 7.85. The van der Waals surface area contributed by atoms with Crippen molar-refractivity contribution in [1.82, 2.24) is 5.32 Å². The van der Waals surface area contributed by atoms with Crippen molar-refractivity contribution >= 4 is 52.4 Å². The van der Waals surface area contributed by atoms with Gasteiger partial charge in [0.05, 0.1) is 27.6 Å². The van der Waals surface area contributed by atoms with E-state index in [0.717, 1.165) is 15.4 Å². The van der Waals surface area contributed by atoms with E-state index in [1.165, 1.54) is 23.9 Å². The maximum Gasteiger partial charge on any atom is 0.335 e. The number of halogens is 2. The van der Waals surface area contributed by atoms with Gasteiger partial charge < -0.3 is 15.2 Å². The van der Waals surface area contributed by atoms with Crippen LogP contribution < -0.4 is 10.1 Å². The predicted molar refractivity (Wildman–Crippen MR) is 128 cm³/mol. The van der Waals surface area contributed by atoms with Crippen LogP contribution in [-0.2, 0) is 11.3 Å². The highest BCUT2D eigenvalue weighted by atomic mass is 35.5. The normalized spacial score (nSPS) is 10.5. The Morgan fingerprint density at radius 2 is 1.69 bits per heavy atom. The Morgan fingerprint density at radius 3 is 2.34 bits per heavy atom. The zero-order valence-electron chi connectivity index (χ0n) is 17.0. The maximum absolute atomic E-state index is 12.6. The molecule has 0 saturated carbocycles. The van der Waals surface area contributed by atoms with Crippen molar-refractivity contribution in [3.8, 4) is 5.75 Å². The second kappa shape index (κ2) is 10.6. The number of carbonyl (C=O) groups is 2. The lowest BCUT2D eigenvalue weighted by atomic mass is 10.1. The number of methoxy groups -OCH3 is 1. The summed E-state index contributed by atoms with van der Waals surface area (Å²) in [5, 5.41) is 12.3. The molecule has 0 aliphatic rings. The number of benzene rings is 3. The van der Waals surface area contributed by atoms with E-state index in [1.54, 1.807) is 31.4 Å². The SMILES string of the molecule is C=C(C(=O)NCc1ccc(C(=O)O)cc1)c1ccc(Sc2ccccc2OC)c(Cl)c1Cl. The molecule has 0 fully saturated rings. The number of amides is 1. The molecule has 8 heteroatoms. The predicted octanol–water partition coefficient (Wildman–Crippen LogP) is 6.18. The summed E-state index contributed by atoms with van der Waals surface area (Å²) in [7, 11) is 1.60. The quantitative estimate of drug-likeness (QED) is 0.371. The molecule has 0 spiro atoms.